The second-order valence-corrected chi connectivity index (χ2v) is 7.70. The van der Waals surface area contributed by atoms with Gasteiger partial charge in [0.05, 0.1) is 23.8 Å². The third-order valence-corrected chi connectivity index (χ3v) is 5.87. The molecule has 1 fully saturated rings. The van der Waals surface area contributed by atoms with Crippen LogP contribution in [0.4, 0.5) is 10.1 Å². The Morgan fingerprint density at radius 1 is 1.23 bits per heavy atom. The molecule has 0 atom stereocenters. The number of nitrogens with one attached hydrogen (secondary N) is 1. The summed E-state index contributed by atoms with van der Waals surface area (Å²) in [4.78, 5) is 29.0. The summed E-state index contributed by atoms with van der Waals surface area (Å²) in [5, 5.41) is 7.08. The van der Waals surface area contributed by atoms with Gasteiger partial charge in [0.25, 0.3) is 0 Å². The highest BCUT2D eigenvalue weighted by atomic mass is 19.1. The number of hydrogen-bond acceptors (Lipinski definition) is 5. The first-order chi connectivity index (χ1) is 14.5. The van der Waals surface area contributed by atoms with E-state index in [1.165, 1.54) is 23.0 Å². The quantitative estimate of drug-likeness (QED) is 0.672. The first kappa shape index (κ1) is 18.5. The lowest BCUT2D eigenvalue weighted by Gasteiger charge is -2.35. The highest BCUT2D eigenvalue weighted by molar-refractivity contribution is 5.93. The van der Waals surface area contributed by atoms with E-state index in [-0.39, 0.29) is 17.6 Å². The fourth-order valence-corrected chi connectivity index (χ4v) is 4.33. The van der Waals surface area contributed by atoms with Crippen LogP contribution in [0, 0.1) is 11.7 Å². The van der Waals surface area contributed by atoms with Gasteiger partial charge in [-0.15, -0.1) is 0 Å². The summed E-state index contributed by atoms with van der Waals surface area (Å²) in [7, 11) is 0. The van der Waals surface area contributed by atoms with Crippen LogP contribution in [0.5, 0.6) is 0 Å². The van der Waals surface area contributed by atoms with E-state index in [9.17, 15) is 14.0 Å². The van der Waals surface area contributed by atoms with Gasteiger partial charge in [-0.05, 0) is 49.9 Å². The number of anilines is 1. The van der Waals surface area contributed by atoms with Crippen molar-refractivity contribution in [2.45, 2.75) is 31.3 Å². The number of hydrogen-bond donors (Lipinski definition) is 1. The summed E-state index contributed by atoms with van der Waals surface area (Å²) in [5.41, 5.74) is 1.66. The fraction of sp³-hybridized carbons (Fsp3) is 0.273. The van der Waals surface area contributed by atoms with Crippen molar-refractivity contribution in [2.24, 2.45) is 5.92 Å². The van der Waals surface area contributed by atoms with Crippen LogP contribution >= 0.6 is 0 Å². The van der Waals surface area contributed by atoms with Gasteiger partial charge >= 0.3 is 5.97 Å². The predicted octanol–water partition coefficient (Wildman–Crippen LogP) is 3.60. The molecule has 7 nitrogen and oxygen atoms in total. The van der Waals surface area contributed by atoms with E-state index < -0.39 is 11.6 Å². The van der Waals surface area contributed by atoms with Crippen LogP contribution in [0.25, 0.3) is 5.69 Å². The zero-order valence-electron chi connectivity index (χ0n) is 16.0. The molecule has 1 saturated carbocycles. The van der Waals surface area contributed by atoms with Gasteiger partial charge in [0.2, 0.25) is 5.91 Å². The largest absolute Gasteiger partial charge is 0.449 e. The first-order valence-electron chi connectivity index (χ1n) is 9.84. The number of aromatic nitrogens is 3. The third kappa shape index (κ3) is 3.14. The number of halogens is 1. The predicted molar refractivity (Wildman–Crippen MR) is 105 cm³/mol. The highest BCUT2D eigenvalue weighted by Gasteiger charge is 2.49. The number of pyridine rings is 1. The van der Waals surface area contributed by atoms with Crippen LogP contribution in [-0.4, -0.2) is 26.6 Å². The molecule has 5 rings (SSSR count). The Balaban J connectivity index is 1.25. The molecule has 8 heteroatoms. The summed E-state index contributed by atoms with van der Waals surface area (Å²) in [6.07, 6.45) is 7.14. The summed E-state index contributed by atoms with van der Waals surface area (Å²) >= 11 is 0. The van der Waals surface area contributed by atoms with Crippen LogP contribution in [0.3, 0.4) is 0 Å². The second kappa shape index (κ2) is 7.05. The molecule has 0 bridgehead atoms. The van der Waals surface area contributed by atoms with Crippen LogP contribution < -0.4 is 5.32 Å². The topological polar surface area (TPSA) is 86.1 Å². The van der Waals surface area contributed by atoms with Gasteiger partial charge < -0.3 is 10.1 Å². The van der Waals surface area contributed by atoms with Crippen LogP contribution in [-0.2, 0) is 15.1 Å². The molecule has 0 unspecified atom stereocenters. The number of rotatable bonds is 3. The molecule has 3 aromatic rings. The van der Waals surface area contributed by atoms with E-state index in [1.807, 2.05) is 6.07 Å². The van der Waals surface area contributed by atoms with Gasteiger partial charge in [-0.25, -0.2) is 18.9 Å². The average molecular weight is 406 g/mol. The molecular weight excluding hydrogens is 387 g/mol. The molecule has 1 spiro atoms. The number of fused-ring (bicyclic) bond motifs is 2. The maximum atomic E-state index is 13.4. The number of benzene rings is 1. The number of nitrogens with zero attached hydrogens (tertiary/aromatic N) is 3. The van der Waals surface area contributed by atoms with Crippen molar-refractivity contribution >= 4 is 17.6 Å². The Morgan fingerprint density at radius 2 is 2.07 bits per heavy atom. The number of amides is 1. The van der Waals surface area contributed by atoms with Gasteiger partial charge in [0.15, 0.2) is 5.69 Å². The van der Waals surface area contributed by atoms with Crippen LogP contribution in [0.15, 0.2) is 55.0 Å². The van der Waals surface area contributed by atoms with E-state index in [2.05, 4.69) is 15.4 Å². The lowest BCUT2D eigenvalue weighted by atomic mass is 9.75. The molecule has 152 valence electrons. The SMILES string of the molecule is O=C1O[C@]2(CC[C@H](C(=O)Nc3cnn(-c4cccc(F)c4)c3)CC2)c2cccnc21. The van der Waals surface area contributed by atoms with E-state index in [1.54, 1.807) is 30.6 Å². The molecule has 2 aromatic heterocycles. The van der Waals surface area contributed by atoms with Crippen molar-refractivity contribution in [3.05, 3.63) is 72.1 Å². The molecule has 30 heavy (non-hydrogen) atoms. The zero-order valence-corrected chi connectivity index (χ0v) is 16.0. The summed E-state index contributed by atoms with van der Waals surface area (Å²) in [5.74, 6) is -1.03. The van der Waals surface area contributed by atoms with E-state index >= 15 is 0 Å². The zero-order chi connectivity index (χ0) is 20.7. The van der Waals surface area contributed by atoms with E-state index in [0.29, 0.717) is 42.8 Å². The second-order valence-electron chi connectivity index (χ2n) is 7.70. The van der Waals surface area contributed by atoms with E-state index in [0.717, 1.165) is 5.56 Å². The first-order valence-corrected chi connectivity index (χ1v) is 9.84. The van der Waals surface area contributed by atoms with E-state index in [4.69, 9.17) is 4.74 Å². The highest BCUT2D eigenvalue weighted by Crippen LogP contribution is 2.47. The van der Waals surface area contributed by atoms with Crippen molar-refractivity contribution in [3.8, 4) is 5.69 Å². The monoisotopic (exact) mass is 406 g/mol. The summed E-state index contributed by atoms with van der Waals surface area (Å²) in [6, 6.07) is 9.76. The smallest absolute Gasteiger partial charge is 0.358 e. The van der Waals surface area contributed by atoms with Crippen molar-refractivity contribution in [3.63, 3.8) is 0 Å². The Labute approximate surface area is 171 Å². The minimum atomic E-state index is -0.667. The van der Waals surface area contributed by atoms with Gasteiger partial charge in [-0.1, -0.05) is 12.1 Å². The lowest BCUT2D eigenvalue weighted by molar-refractivity contribution is -0.122. The maximum absolute atomic E-state index is 13.4. The van der Waals surface area contributed by atoms with Gasteiger partial charge in [0, 0.05) is 17.7 Å². The van der Waals surface area contributed by atoms with Gasteiger partial charge in [0.1, 0.15) is 11.4 Å². The molecular formula is C22H19FN4O3. The minimum Gasteiger partial charge on any atom is -0.449 e. The van der Waals surface area contributed by atoms with Crippen molar-refractivity contribution in [1.29, 1.82) is 0 Å². The Hall–Kier alpha value is -3.55. The average Bonchev–Trinajstić information content (AvgIpc) is 3.32. The lowest BCUT2D eigenvalue weighted by Crippen LogP contribution is -2.36. The summed E-state index contributed by atoms with van der Waals surface area (Å²) < 4.78 is 20.6. The van der Waals surface area contributed by atoms with Gasteiger partial charge in [-0.2, -0.15) is 5.10 Å². The normalized spacial score (nSPS) is 22.6. The molecule has 1 aromatic carbocycles. The van der Waals surface area contributed by atoms with Crippen molar-refractivity contribution in [1.82, 2.24) is 14.8 Å². The molecule has 1 aliphatic carbocycles. The number of carbonyl (C=O) groups is 2. The molecule has 3 heterocycles. The maximum Gasteiger partial charge on any atom is 0.358 e. The Kier molecular flexibility index (Phi) is 4.34. The van der Waals surface area contributed by atoms with Gasteiger partial charge in [-0.3, -0.25) is 4.79 Å². The van der Waals surface area contributed by atoms with Crippen LogP contribution in [0.1, 0.15) is 41.7 Å². The molecule has 1 N–H and O–H groups in total. The standard InChI is InChI=1S/C22H19FN4O3/c23-15-3-1-4-17(11-15)27-13-16(12-25-27)26-20(28)14-6-8-22(9-7-14)18-5-2-10-24-19(18)21(29)30-22/h1-5,10-14H,6-9H2,(H,26,28)/t14-,22-. The minimum absolute atomic E-state index is 0.0978. The fourth-order valence-electron chi connectivity index (χ4n) is 4.33. The number of carbonyl (C=O) groups excluding carboxylic acids is 2. The van der Waals surface area contributed by atoms with Crippen LogP contribution in [0.2, 0.25) is 0 Å². The third-order valence-electron chi connectivity index (χ3n) is 5.87. The number of esters is 1. The van der Waals surface area contributed by atoms with Crippen molar-refractivity contribution < 1.29 is 18.7 Å². The molecule has 2 aliphatic rings. The molecule has 1 aliphatic heterocycles. The Bertz CT molecular complexity index is 1130. The van der Waals surface area contributed by atoms with Crippen molar-refractivity contribution in [2.75, 3.05) is 5.32 Å². The summed E-state index contributed by atoms with van der Waals surface area (Å²) in [6.45, 7) is 0. The Morgan fingerprint density at radius 3 is 2.87 bits per heavy atom. The number of ether oxygens (including phenoxy) is 1. The molecule has 0 radical (unpaired) electrons. The molecule has 0 saturated heterocycles. The molecule has 1 amide bonds.